The standard InChI is InChI=1S/C18H28O2/c1-6-15(2)13-17(4)14-16(3)11-9-7-8-10-12-18(19)20-5/h7-12,14-15,17H,6,13H2,1-5H3/b8-7+,11-9+,12-10+,16-14+/t15-,17-/m1/s1. The van der Waals surface area contributed by atoms with Crippen molar-refractivity contribution in [1.82, 2.24) is 0 Å². The van der Waals surface area contributed by atoms with Crippen LogP contribution in [0.4, 0.5) is 0 Å². The molecule has 0 aliphatic rings. The summed E-state index contributed by atoms with van der Waals surface area (Å²) in [7, 11) is 1.37. The van der Waals surface area contributed by atoms with Crippen molar-refractivity contribution < 1.29 is 9.53 Å². The Morgan fingerprint density at radius 3 is 2.25 bits per heavy atom. The van der Waals surface area contributed by atoms with Crippen molar-refractivity contribution in [2.75, 3.05) is 7.11 Å². The molecule has 0 fully saturated rings. The van der Waals surface area contributed by atoms with Crippen LogP contribution in [0, 0.1) is 11.8 Å². The van der Waals surface area contributed by atoms with E-state index in [0.29, 0.717) is 5.92 Å². The largest absolute Gasteiger partial charge is 0.466 e. The topological polar surface area (TPSA) is 26.3 Å². The monoisotopic (exact) mass is 276 g/mol. The minimum absolute atomic E-state index is 0.339. The summed E-state index contributed by atoms with van der Waals surface area (Å²) < 4.78 is 4.49. The SMILES string of the molecule is CC[C@@H](C)C[C@@H](C)/C=C(C)/C=C/C=C/C=C/C(=O)OC. The van der Waals surface area contributed by atoms with Gasteiger partial charge in [0, 0.05) is 6.08 Å². The second-order valence-corrected chi connectivity index (χ2v) is 5.26. The van der Waals surface area contributed by atoms with E-state index in [1.807, 2.05) is 18.2 Å². The van der Waals surface area contributed by atoms with Crippen molar-refractivity contribution in [1.29, 1.82) is 0 Å². The van der Waals surface area contributed by atoms with Gasteiger partial charge in [-0.05, 0) is 25.2 Å². The summed E-state index contributed by atoms with van der Waals surface area (Å²) in [5, 5.41) is 0. The number of hydrogen-bond donors (Lipinski definition) is 0. The minimum atomic E-state index is -0.339. The molecule has 2 nitrogen and oxygen atoms in total. The van der Waals surface area contributed by atoms with Crippen LogP contribution in [-0.4, -0.2) is 13.1 Å². The van der Waals surface area contributed by atoms with E-state index in [2.05, 4.69) is 44.6 Å². The number of rotatable bonds is 8. The van der Waals surface area contributed by atoms with Crippen molar-refractivity contribution in [2.45, 2.75) is 40.5 Å². The lowest BCUT2D eigenvalue weighted by atomic mass is 9.94. The Bertz CT molecular complexity index is 386. The molecule has 0 amide bonds. The fraction of sp³-hybridized carbons (Fsp3) is 0.500. The van der Waals surface area contributed by atoms with Gasteiger partial charge in [-0.1, -0.05) is 69.2 Å². The minimum Gasteiger partial charge on any atom is -0.466 e. The predicted octanol–water partition coefficient (Wildman–Crippen LogP) is 4.85. The van der Waals surface area contributed by atoms with Crippen LogP contribution in [0.1, 0.15) is 40.5 Å². The molecule has 0 N–H and O–H groups in total. The summed E-state index contributed by atoms with van der Waals surface area (Å²) in [4.78, 5) is 10.8. The molecule has 0 saturated heterocycles. The summed E-state index contributed by atoms with van der Waals surface area (Å²) in [6, 6.07) is 0. The number of methoxy groups -OCH3 is 1. The zero-order chi connectivity index (χ0) is 15.4. The third kappa shape index (κ3) is 10.4. The number of ether oxygens (including phenoxy) is 1. The average Bonchev–Trinajstić information content (AvgIpc) is 2.41. The van der Waals surface area contributed by atoms with Gasteiger partial charge < -0.3 is 4.74 Å². The molecule has 0 aromatic carbocycles. The summed E-state index contributed by atoms with van der Waals surface area (Å²) in [6.07, 6.45) is 15.6. The number of carbonyl (C=O) groups is 1. The second kappa shape index (κ2) is 11.3. The highest BCUT2D eigenvalue weighted by atomic mass is 16.5. The Hall–Kier alpha value is -1.57. The number of allylic oxidation sites excluding steroid dienone is 7. The van der Waals surface area contributed by atoms with Gasteiger partial charge in [-0.3, -0.25) is 0 Å². The number of esters is 1. The lowest BCUT2D eigenvalue weighted by Gasteiger charge is -2.12. The molecule has 0 aliphatic heterocycles. The second-order valence-electron chi connectivity index (χ2n) is 5.26. The first-order valence-corrected chi connectivity index (χ1v) is 7.27. The summed E-state index contributed by atoms with van der Waals surface area (Å²) in [5.41, 5.74) is 1.27. The smallest absolute Gasteiger partial charge is 0.330 e. The highest BCUT2D eigenvalue weighted by Gasteiger charge is 2.04. The number of carbonyl (C=O) groups excluding carboxylic acids is 1. The third-order valence-electron chi connectivity index (χ3n) is 3.14. The van der Waals surface area contributed by atoms with E-state index in [1.54, 1.807) is 6.08 Å². The molecule has 0 aliphatic carbocycles. The van der Waals surface area contributed by atoms with Crippen LogP contribution < -0.4 is 0 Å². The molecule has 0 radical (unpaired) electrons. The summed E-state index contributed by atoms with van der Waals surface area (Å²) >= 11 is 0. The van der Waals surface area contributed by atoms with Gasteiger partial charge in [0.05, 0.1) is 7.11 Å². The predicted molar refractivity (Wildman–Crippen MR) is 86.4 cm³/mol. The molecule has 0 bridgehead atoms. The molecule has 2 heteroatoms. The van der Waals surface area contributed by atoms with E-state index in [-0.39, 0.29) is 5.97 Å². The summed E-state index contributed by atoms with van der Waals surface area (Å²) in [5.74, 6) is 1.05. The van der Waals surface area contributed by atoms with Gasteiger partial charge in [0.1, 0.15) is 0 Å². The van der Waals surface area contributed by atoms with Gasteiger partial charge in [0.15, 0.2) is 0 Å². The Balaban J connectivity index is 4.21. The van der Waals surface area contributed by atoms with Crippen molar-refractivity contribution >= 4 is 5.97 Å². The molecular weight excluding hydrogens is 248 g/mol. The van der Waals surface area contributed by atoms with Crippen LogP contribution in [0.15, 0.2) is 48.1 Å². The molecule has 0 spiro atoms. The van der Waals surface area contributed by atoms with Crippen LogP contribution in [0.2, 0.25) is 0 Å². The van der Waals surface area contributed by atoms with Gasteiger partial charge in [-0.2, -0.15) is 0 Å². The van der Waals surface area contributed by atoms with E-state index in [4.69, 9.17) is 0 Å². The quantitative estimate of drug-likeness (QED) is 0.360. The fourth-order valence-corrected chi connectivity index (χ4v) is 1.91. The van der Waals surface area contributed by atoms with Crippen LogP contribution in [-0.2, 0) is 9.53 Å². The maximum Gasteiger partial charge on any atom is 0.330 e. The molecule has 0 aromatic rings. The molecular formula is C18H28O2. The van der Waals surface area contributed by atoms with Crippen molar-refractivity contribution in [2.24, 2.45) is 11.8 Å². The van der Waals surface area contributed by atoms with Crippen LogP contribution in [0.3, 0.4) is 0 Å². The normalized spacial score (nSPS) is 16.1. The molecule has 0 saturated carbocycles. The third-order valence-corrected chi connectivity index (χ3v) is 3.14. The zero-order valence-corrected chi connectivity index (χ0v) is 13.4. The Kier molecular flexibility index (Phi) is 10.4. The molecule has 0 rings (SSSR count). The number of hydrogen-bond acceptors (Lipinski definition) is 2. The van der Waals surface area contributed by atoms with Crippen LogP contribution in [0.25, 0.3) is 0 Å². The first-order valence-electron chi connectivity index (χ1n) is 7.27. The molecule has 0 heterocycles. The van der Waals surface area contributed by atoms with E-state index >= 15 is 0 Å². The van der Waals surface area contributed by atoms with E-state index < -0.39 is 0 Å². The lowest BCUT2D eigenvalue weighted by Crippen LogP contribution is -1.99. The van der Waals surface area contributed by atoms with Gasteiger partial charge in [-0.15, -0.1) is 0 Å². The molecule has 2 atom stereocenters. The highest BCUT2D eigenvalue weighted by molar-refractivity contribution is 5.82. The molecule has 112 valence electrons. The molecule has 20 heavy (non-hydrogen) atoms. The lowest BCUT2D eigenvalue weighted by molar-refractivity contribution is -0.134. The first kappa shape index (κ1) is 18.4. The van der Waals surface area contributed by atoms with Crippen molar-refractivity contribution in [3.05, 3.63) is 48.1 Å². The van der Waals surface area contributed by atoms with Crippen molar-refractivity contribution in [3.63, 3.8) is 0 Å². The highest BCUT2D eigenvalue weighted by Crippen LogP contribution is 2.17. The van der Waals surface area contributed by atoms with E-state index in [0.717, 1.165) is 5.92 Å². The van der Waals surface area contributed by atoms with Gasteiger partial charge in [0.25, 0.3) is 0 Å². The average molecular weight is 276 g/mol. The molecule has 0 unspecified atom stereocenters. The van der Waals surface area contributed by atoms with Gasteiger partial charge in [-0.25, -0.2) is 4.79 Å². The van der Waals surface area contributed by atoms with Crippen LogP contribution in [0.5, 0.6) is 0 Å². The van der Waals surface area contributed by atoms with Gasteiger partial charge >= 0.3 is 5.97 Å². The Morgan fingerprint density at radius 1 is 1.10 bits per heavy atom. The van der Waals surface area contributed by atoms with Gasteiger partial charge in [0.2, 0.25) is 0 Å². The summed E-state index contributed by atoms with van der Waals surface area (Å²) in [6.45, 7) is 8.91. The Morgan fingerprint density at radius 2 is 1.70 bits per heavy atom. The van der Waals surface area contributed by atoms with E-state index in [9.17, 15) is 4.79 Å². The fourth-order valence-electron chi connectivity index (χ4n) is 1.91. The van der Waals surface area contributed by atoms with Crippen molar-refractivity contribution in [3.8, 4) is 0 Å². The first-order chi connectivity index (χ1) is 9.49. The molecule has 0 aromatic heterocycles. The Labute approximate surface area is 123 Å². The maximum absolute atomic E-state index is 10.8. The van der Waals surface area contributed by atoms with E-state index in [1.165, 1.54) is 31.6 Å². The van der Waals surface area contributed by atoms with Crippen LogP contribution >= 0.6 is 0 Å². The maximum atomic E-state index is 10.8. The zero-order valence-electron chi connectivity index (χ0n) is 13.4.